The monoisotopic (exact) mass is 467 g/mol. The van der Waals surface area contributed by atoms with E-state index in [1.54, 1.807) is 30.3 Å². The molecule has 2 aliphatic rings. The summed E-state index contributed by atoms with van der Waals surface area (Å²) in [7, 11) is 0. The molecule has 4 rings (SSSR count). The van der Waals surface area contributed by atoms with Gasteiger partial charge in [0.2, 0.25) is 11.7 Å². The molecule has 2 aliphatic heterocycles. The Hall–Kier alpha value is -3.13. The lowest BCUT2D eigenvalue weighted by atomic mass is 9.84. The van der Waals surface area contributed by atoms with Gasteiger partial charge in [-0.25, -0.2) is 4.79 Å². The Labute approximate surface area is 196 Å². The number of thioether (sulfide) groups is 1. The van der Waals surface area contributed by atoms with Gasteiger partial charge in [0, 0.05) is 17.2 Å². The molecule has 0 bridgehead atoms. The summed E-state index contributed by atoms with van der Waals surface area (Å²) < 4.78 is 10.2. The highest BCUT2D eigenvalue weighted by molar-refractivity contribution is 8.01. The lowest BCUT2D eigenvalue weighted by molar-refractivity contribution is -0.174. The predicted octanol–water partition coefficient (Wildman–Crippen LogP) is 3.22. The van der Waals surface area contributed by atoms with Gasteiger partial charge in [-0.15, -0.1) is 11.8 Å². The number of ether oxygens (including phenoxy) is 2. The van der Waals surface area contributed by atoms with Gasteiger partial charge in [-0.3, -0.25) is 14.4 Å². The first-order valence-corrected chi connectivity index (χ1v) is 11.6. The van der Waals surface area contributed by atoms with Crippen LogP contribution in [0.25, 0.3) is 0 Å². The van der Waals surface area contributed by atoms with Gasteiger partial charge in [0.1, 0.15) is 18.6 Å². The van der Waals surface area contributed by atoms with Crippen LogP contribution in [0.2, 0.25) is 0 Å². The van der Waals surface area contributed by atoms with Gasteiger partial charge in [-0.1, -0.05) is 60.7 Å². The van der Waals surface area contributed by atoms with Crippen molar-refractivity contribution in [3.8, 4) is 0 Å². The number of β-lactam (4-membered cyclic amide) rings is 1. The first kappa shape index (κ1) is 23.0. The molecule has 0 N–H and O–H groups in total. The molecule has 0 spiro atoms. The number of nitrogens with zero attached hydrogens (tertiary/aromatic N) is 1. The molecule has 0 saturated carbocycles. The third-order valence-corrected chi connectivity index (χ3v) is 7.46. The van der Waals surface area contributed by atoms with Gasteiger partial charge in [0.25, 0.3) is 0 Å². The summed E-state index contributed by atoms with van der Waals surface area (Å²) in [4.78, 5) is 52.6. The van der Waals surface area contributed by atoms with Gasteiger partial charge in [-0.05, 0) is 19.4 Å². The molecule has 0 aromatic heterocycles. The number of esters is 2. The second-order valence-electron chi connectivity index (χ2n) is 8.64. The molecule has 8 heteroatoms. The van der Waals surface area contributed by atoms with Crippen LogP contribution in [0.1, 0.15) is 36.7 Å². The van der Waals surface area contributed by atoms with Gasteiger partial charge >= 0.3 is 11.9 Å². The SMILES string of the molecule is CC(=O)O[C@H](C(=O)c1ccccc1)[C@@H]1C(=O)N2[C@@H]1SC(C)(C)[C@@H]2C(=O)OCc1ccccc1. The van der Waals surface area contributed by atoms with Crippen molar-refractivity contribution in [2.45, 2.75) is 49.6 Å². The van der Waals surface area contributed by atoms with E-state index in [9.17, 15) is 19.2 Å². The predicted molar refractivity (Wildman–Crippen MR) is 122 cm³/mol. The Balaban J connectivity index is 1.54. The Morgan fingerprint density at radius 2 is 1.64 bits per heavy atom. The third-order valence-electron chi connectivity index (χ3n) is 5.87. The highest BCUT2D eigenvalue weighted by atomic mass is 32.2. The number of ketones is 1. The molecular weight excluding hydrogens is 442 g/mol. The van der Waals surface area contributed by atoms with Crippen molar-refractivity contribution in [2.75, 3.05) is 0 Å². The van der Waals surface area contributed by atoms with E-state index in [-0.39, 0.29) is 6.61 Å². The van der Waals surface area contributed by atoms with Gasteiger partial charge in [-0.2, -0.15) is 0 Å². The summed E-state index contributed by atoms with van der Waals surface area (Å²) >= 11 is 1.42. The minimum atomic E-state index is -1.25. The topological polar surface area (TPSA) is 90.0 Å². The molecular formula is C25H25NO6S. The van der Waals surface area contributed by atoms with E-state index < -0.39 is 51.8 Å². The van der Waals surface area contributed by atoms with E-state index in [1.165, 1.54) is 23.6 Å². The molecule has 2 aromatic carbocycles. The Morgan fingerprint density at radius 1 is 1.03 bits per heavy atom. The average Bonchev–Trinajstić information content (AvgIpc) is 3.04. The quantitative estimate of drug-likeness (QED) is 0.351. The fourth-order valence-electron chi connectivity index (χ4n) is 4.34. The van der Waals surface area contributed by atoms with E-state index in [2.05, 4.69) is 0 Å². The van der Waals surface area contributed by atoms with Crippen LogP contribution in [-0.4, -0.2) is 50.8 Å². The maximum Gasteiger partial charge on any atom is 0.330 e. The summed E-state index contributed by atoms with van der Waals surface area (Å²) in [5, 5.41) is -0.473. The standard InChI is InChI=1S/C25H25NO6S/c1-15(27)32-20(19(28)17-12-8-5-9-13-17)18-22(29)26-21(25(2,3)33-23(18)26)24(30)31-14-16-10-6-4-7-11-16/h4-13,18,20-21,23H,14H2,1-3H3/t18-,20+,21+,23-/m1/s1. The number of amides is 1. The molecule has 2 saturated heterocycles. The Kier molecular flexibility index (Phi) is 6.30. The fourth-order valence-corrected chi connectivity index (χ4v) is 6.05. The average molecular weight is 468 g/mol. The molecule has 33 heavy (non-hydrogen) atoms. The number of fused-ring (bicyclic) bond motifs is 1. The number of hydrogen-bond donors (Lipinski definition) is 0. The molecule has 2 heterocycles. The lowest BCUT2D eigenvalue weighted by Gasteiger charge is -2.46. The van der Waals surface area contributed by atoms with Crippen LogP contribution >= 0.6 is 11.8 Å². The molecule has 172 valence electrons. The van der Waals surface area contributed by atoms with Gasteiger partial charge in [0.15, 0.2) is 6.10 Å². The van der Waals surface area contributed by atoms with Crippen LogP contribution in [0.3, 0.4) is 0 Å². The van der Waals surface area contributed by atoms with Crippen molar-refractivity contribution in [3.05, 3.63) is 71.8 Å². The second kappa shape index (κ2) is 9.02. The van der Waals surface area contributed by atoms with E-state index in [0.29, 0.717) is 5.56 Å². The van der Waals surface area contributed by atoms with Crippen LogP contribution in [0.15, 0.2) is 60.7 Å². The molecule has 0 unspecified atom stereocenters. The third kappa shape index (κ3) is 4.39. The smallest absolute Gasteiger partial charge is 0.330 e. The molecule has 0 aliphatic carbocycles. The number of Topliss-reactive ketones (excluding diaryl/α,β-unsaturated/α-hetero) is 1. The zero-order valence-electron chi connectivity index (χ0n) is 18.6. The molecule has 1 amide bonds. The maximum absolute atomic E-state index is 13.2. The lowest BCUT2D eigenvalue weighted by Crippen LogP contribution is -2.67. The first-order valence-electron chi connectivity index (χ1n) is 10.7. The Bertz CT molecular complexity index is 1070. The number of carbonyl (C=O) groups excluding carboxylic acids is 4. The van der Waals surface area contributed by atoms with Gasteiger partial charge in [0.05, 0.1) is 5.37 Å². The van der Waals surface area contributed by atoms with E-state index in [1.807, 2.05) is 44.2 Å². The van der Waals surface area contributed by atoms with Crippen LogP contribution in [0.4, 0.5) is 0 Å². The van der Waals surface area contributed by atoms with E-state index in [4.69, 9.17) is 9.47 Å². The minimum Gasteiger partial charge on any atom is -0.459 e. The van der Waals surface area contributed by atoms with Gasteiger partial charge < -0.3 is 14.4 Å². The number of rotatable bonds is 7. The normalized spacial score (nSPS) is 23.8. The summed E-state index contributed by atoms with van der Waals surface area (Å²) in [6.07, 6.45) is -1.25. The van der Waals surface area contributed by atoms with Crippen molar-refractivity contribution >= 4 is 35.4 Å². The van der Waals surface area contributed by atoms with Crippen molar-refractivity contribution in [1.29, 1.82) is 0 Å². The summed E-state index contributed by atoms with van der Waals surface area (Å²) in [5.41, 5.74) is 1.21. The molecule has 2 fully saturated rings. The molecule has 4 atom stereocenters. The molecule has 7 nitrogen and oxygen atoms in total. The second-order valence-corrected chi connectivity index (χ2v) is 10.4. The van der Waals surface area contributed by atoms with E-state index in [0.717, 1.165) is 5.56 Å². The highest BCUT2D eigenvalue weighted by Crippen LogP contribution is 2.54. The number of hydrogen-bond acceptors (Lipinski definition) is 7. The van der Waals surface area contributed by atoms with E-state index >= 15 is 0 Å². The van der Waals surface area contributed by atoms with Crippen LogP contribution < -0.4 is 0 Å². The zero-order valence-corrected chi connectivity index (χ0v) is 19.4. The summed E-state index contributed by atoms with van der Waals surface area (Å²) in [5.74, 6) is -2.83. The fraction of sp³-hybridized carbons (Fsp3) is 0.360. The van der Waals surface area contributed by atoms with Crippen LogP contribution in [0, 0.1) is 5.92 Å². The number of benzene rings is 2. The Morgan fingerprint density at radius 3 is 2.24 bits per heavy atom. The summed E-state index contributed by atoms with van der Waals surface area (Å²) in [6, 6.07) is 16.9. The molecule has 0 radical (unpaired) electrons. The zero-order chi connectivity index (χ0) is 23.8. The van der Waals surface area contributed by atoms with Crippen molar-refractivity contribution in [3.63, 3.8) is 0 Å². The summed E-state index contributed by atoms with van der Waals surface area (Å²) in [6.45, 7) is 5.06. The highest BCUT2D eigenvalue weighted by Gasteiger charge is 2.67. The minimum absolute atomic E-state index is 0.107. The van der Waals surface area contributed by atoms with Crippen molar-refractivity contribution < 1.29 is 28.7 Å². The van der Waals surface area contributed by atoms with Crippen molar-refractivity contribution in [1.82, 2.24) is 4.90 Å². The van der Waals surface area contributed by atoms with Crippen LogP contribution in [-0.2, 0) is 30.5 Å². The molecule has 2 aromatic rings. The largest absolute Gasteiger partial charge is 0.459 e. The van der Waals surface area contributed by atoms with Crippen LogP contribution in [0.5, 0.6) is 0 Å². The number of carbonyl (C=O) groups is 4. The first-order chi connectivity index (χ1) is 15.7. The van der Waals surface area contributed by atoms with Crippen molar-refractivity contribution in [2.24, 2.45) is 5.92 Å². The maximum atomic E-state index is 13.2.